The van der Waals surface area contributed by atoms with Crippen molar-refractivity contribution in [1.29, 1.82) is 0 Å². The Kier molecular flexibility index (Phi) is 6.21. The number of piperidine rings is 1. The Hall–Kier alpha value is -0.780. The van der Waals surface area contributed by atoms with Crippen molar-refractivity contribution in [3.8, 4) is 0 Å². The standard InChI is InChI=1S/C17H26N4O.2ClH/c1-13-19-8-10-20(13)12-14-3-2-9-21(14)16(22)15-11-17(15)4-6-18-7-5-17;;/h8,10,14-15,18H,2-7,9,11-12H2,1H3;2*1H. The second-order valence-corrected chi connectivity index (χ2v) is 7.32. The fourth-order valence-electron chi connectivity index (χ4n) is 4.51. The molecule has 2 saturated heterocycles. The van der Waals surface area contributed by atoms with E-state index in [1.54, 1.807) is 0 Å². The summed E-state index contributed by atoms with van der Waals surface area (Å²) >= 11 is 0. The zero-order valence-corrected chi connectivity index (χ0v) is 15.9. The molecule has 5 nitrogen and oxygen atoms in total. The van der Waals surface area contributed by atoms with E-state index in [2.05, 4.69) is 19.8 Å². The number of carbonyl (C=O) groups excluding carboxylic acids is 1. The van der Waals surface area contributed by atoms with Crippen molar-refractivity contribution >= 4 is 30.7 Å². The first kappa shape index (κ1) is 19.5. The van der Waals surface area contributed by atoms with Gasteiger partial charge in [-0.05, 0) is 57.5 Å². The number of imidazole rings is 1. The van der Waals surface area contributed by atoms with Crippen LogP contribution in [0.15, 0.2) is 12.4 Å². The minimum atomic E-state index is 0. The predicted octanol–water partition coefficient (Wildman–Crippen LogP) is 2.42. The molecule has 0 aromatic carbocycles. The Morgan fingerprint density at radius 2 is 2.12 bits per heavy atom. The predicted molar refractivity (Wildman–Crippen MR) is 98.8 cm³/mol. The molecule has 2 unspecified atom stereocenters. The van der Waals surface area contributed by atoms with Crippen LogP contribution in [0.25, 0.3) is 0 Å². The fraction of sp³-hybridized carbons (Fsp3) is 0.765. The SMILES string of the molecule is Cc1nccn1CC1CCCN1C(=O)C1CC12CCNCC2.Cl.Cl. The molecular weight excluding hydrogens is 347 g/mol. The van der Waals surface area contributed by atoms with Gasteiger partial charge in [-0.1, -0.05) is 0 Å². The largest absolute Gasteiger partial charge is 0.338 e. The zero-order valence-electron chi connectivity index (χ0n) is 14.2. The van der Waals surface area contributed by atoms with Gasteiger partial charge in [0.05, 0.1) is 0 Å². The second kappa shape index (κ2) is 7.63. The number of aryl methyl sites for hydroxylation is 1. The monoisotopic (exact) mass is 374 g/mol. The fourth-order valence-corrected chi connectivity index (χ4v) is 4.51. The van der Waals surface area contributed by atoms with E-state index in [0.29, 0.717) is 23.3 Å². The highest BCUT2D eigenvalue weighted by atomic mass is 35.5. The van der Waals surface area contributed by atoms with Gasteiger partial charge in [0, 0.05) is 37.4 Å². The molecule has 1 saturated carbocycles. The summed E-state index contributed by atoms with van der Waals surface area (Å²) in [5.41, 5.74) is 0.348. The van der Waals surface area contributed by atoms with Crippen molar-refractivity contribution in [3.05, 3.63) is 18.2 Å². The summed E-state index contributed by atoms with van der Waals surface area (Å²) in [5, 5.41) is 3.42. The van der Waals surface area contributed by atoms with Gasteiger partial charge in [-0.25, -0.2) is 4.98 Å². The molecule has 1 aromatic heterocycles. The summed E-state index contributed by atoms with van der Waals surface area (Å²) in [7, 11) is 0. The number of hydrogen-bond acceptors (Lipinski definition) is 3. The first-order valence-corrected chi connectivity index (χ1v) is 8.69. The highest BCUT2D eigenvalue weighted by molar-refractivity contribution is 5.85. The average Bonchev–Trinajstić information content (AvgIpc) is 2.88. The quantitative estimate of drug-likeness (QED) is 0.883. The highest BCUT2D eigenvalue weighted by Gasteiger charge is 2.59. The summed E-state index contributed by atoms with van der Waals surface area (Å²) < 4.78 is 2.18. The molecule has 1 N–H and O–H groups in total. The van der Waals surface area contributed by atoms with Gasteiger partial charge in [0.2, 0.25) is 5.91 Å². The molecule has 3 aliphatic rings. The molecule has 0 bridgehead atoms. The third kappa shape index (κ3) is 3.44. The summed E-state index contributed by atoms with van der Waals surface area (Å²) in [6.07, 6.45) is 9.64. The van der Waals surface area contributed by atoms with Crippen LogP contribution in [0.3, 0.4) is 0 Å². The van der Waals surface area contributed by atoms with Crippen LogP contribution in [0.4, 0.5) is 0 Å². The lowest BCUT2D eigenvalue weighted by atomic mass is 9.91. The maximum atomic E-state index is 13.0. The van der Waals surface area contributed by atoms with Crippen molar-refractivity contribution in [1.82, 2.24) is 19.8 Å². The van der Waals surface area contributed by atoms with Crippen LogP contribution in [0.2, 0.25) is 0 Å². The molecule has 0 radical (unpaired) electrons. The Morgan fingerprint density at radius 3 is 2.79 bits per heavy atom. The van der Waals surface area contributed by atoms with Crippen LogP contribution in [-0.2, 0) is 11.3 Å². The van der Waals surface area contributed by atoms with E-state index in [4.69, 9.17) is 0 Å². The number of aromatic nitrogens is 2. The normalized spacial score (nSPS) is 27.5. The first-order valence-electron chi connectivity index (χ1n) is 8.69. The molecule has 24 heavy (non-hydrogen) atoms. The lowest BCUT2D eigenvalue weighted by Crippen LogP contribution is -2.41. The number of rotatable bonds is 3. The van der Waals surface area contributed by atoms with Gasteiger partial charge in [0.25, 0.3) is 0 Å². The van der Waals surface area contributed by atoms with Gasteiger partial charge in [0.1, 0.15) is 5.82 Å². The molecule has 1 spiro atoms. The molecule has 7 heteroatoms. The number of nitrogens with zero attached hydrogens (tertiary/aromatic N) is 3. The molecule has 2 aliphatic heterocycles. The van der Waals surface area contributed by atoms with E-state index >= 15 is 0 Å². The first-order chi connectivity index (χ1) is 10.7. The van der Waals surface area contributed by atoms with Crippen LogP contribution in [0, 0.1) is 18.3 Å². The second-order valence-electron chi connectivity index (χ2n) is 7.32. The van der Waals surface area contributed by atoms with Crippen LogP contribution >= 0.6 is 24.8 Å². The number of amides is 1. The maximum Gasteiger partial charge on any atom is 0.226 e. The lowest BCUT2D eigenvalue weighted by molar-refractivity contribution is -0.134. The third-order valence-electron chi connectivity index (χ3n) is 6.08. The Bertz CT molecular complexity index is 571. The Labute approximate surface area is 156 Å². The van der Waals surface area contributed by atoms with Crippen molar-refractivity contribution < 1.29 is 4.79 Å². The van der Waals surface area contributed by atoms with E-state index in [9.17, 15) is 4.79 Å². The Morgan fingerprint density at radius 1 is 1.38 bits per heavy atom. The van der Waals surface area contributed by atoms with Gasteiger partial charge in [-0.2, -0.15) is 0 Å². The molecule has 4 rings (SSSR count). The number of nitrogens with one attached hydrogen (secondary N) is 1. The molecule has 1 aliphatic carbocycles. The molecule has 3 heterocycles. The minimum absolute atomic E-state index is 0. The molecule has 136 valence electrons. The van der Waals surface area contributed by atoms with Crippen LogP contribution in [-0.4, -0.2) is 46.0 Å². The van der Waals surface area contributed by atoms with Gasteiger partial charge in [-0.15, -0.1) is 24.8 Å². The van der Waals surface area contributed by atoms with Crippen molar-refractivity contribution in [2.24, 2.45) is 11.3 Å². The van der Waals surface area contributed by atoms with Gasteiger partial charge < -0.3 is 14.8 Å². The van der Waals surface area contributed by atoms with E-state index in [0.717, 1.165) is 51.3 Å². The summed E-state index contributed by atoms with van der Waals surface area (Å²) in [6, 6.07) is 0.361. The number of halogens is 2. The molecule has 1 aromatic rings. The number of carbonyl (C=O) groups is 1. The van der Waals surface area contributed by atoms with E-state index in [1.165, 1.54) is 12.8 Å². The molecule has 2 atom stereocenters. The third-order valence-corrected chi connectivity index (χ3v) is 6.08. The van der Waals surface area contributed by atoms with Crippen LogP contribution < -0.4 is 5.32 Å². The smallest absolute Gasteiger partial charge is 0.226 e. The number of hydrogen-bond donors (Lipinski definition) is 1. The molecule has 3 fully saturated rings. The highest BCUT2D eigenvalue weighted by Crippen LogP contribution is 2.59. The van der Waals surface area contributed by atoms with Gasteiger partial charge in [-0.3, -0.25) is 4.79 Å². The molecule has 1 amide bonds. The number of likely N-dealkylation sites (tertiary alicyclic amines) is 1. The van der Waals surface area contributed by atoms with E-state index < -0.39 is 0 Å². The zero-order chi connectivity index (χ0) is 15.2. The maximum absolute atomic E-state index is 13.0. The van der Waals surface area contributed by atoms with Crippen molar-refractivity contribution in [2.75, 3.05) is 19.6 Å². The molecular formula is C17H28Cl2N4O. The van der Waals surface area contributed by atoms with E-state index in [-0.39, 0.29) is 24.8 Å². The van der Waals surface area contributed by atoms with E-state index in [1.807, 2.05) is 19.3 Å². The summed E-state index contributed by atoms with van der Waals surface area (Å²) in [5.74, 6) is 1.78. The lowest BCUT2D eigenvalue weighted by Gasteiger charge is -2.28. The van der Waals surface area contributed by atoms with Crippen molar-refractivity contribution in [3.63, 3.8) is 0 Å². The van der Waals surface area contributed by atoms with Crippen molar-refractivity contribution in [2.45, 2.75) is 51.6 Å². The van der Waals surface area contributed by atoms with Crippen LogP contribution in [0.1, 0.15) is 37.9 Å². The van der Waals surface area contributed by atoms with Gasteiger partial charge in [0.15, 0.2) is 0 Å². The summed E-state index contributed by atoms with van der Waals surface area (Å²) in [6.45, 7) is 6.05. The summed E-state index contributed by atoms with van der Waals surface area (Å²) in [4.78, 5) is 19.5. The topological polar surface area (TPSA) is 50.2 Å². The minimum Gasteiger partial charge on any atom is -0.338 e. The van der Waals surface area contributed by atoms with Gasteiger partial charge >= 0.3 is 0 Å². The Balaban J connectivity index is 0.00000104. The average molecular weight is 375 g/mol. The van der Waals surface area contributed by atoms with Crippen LogP contribution in [0.5, 0.6) is 0 Å².